The van der Waals surface area contributed by atoms with E-state index < -0.39 is 5.97 Å². The van der Waals surface area contributed by atoms with Gasteiger partial charge in [-0.3, -0.25) is 0 Å². The lowest BCUT2D eigenvalue weighted by molar-refractivity contribution is -0.137. The highest BCUT2D eigenvalue weighted by molar-refractivity contribution is 5.85. The number of unbranched alkanes of at least 4 members (excludes halogenated alkanes) is 1. The molecule has 0 aromatic rings. The van der Waals surface area contributed by atoms with Crippen LogP contribution in [0.15, 0.2) is 0 Å². The Kier molecular flexibility index (Phi) is 5.39. The SMILES string of the molecule is N#CC(=O)OCCCCN. The molecule has 0 rings (SSSR count). The highest BCUT2D eigenvalue weighted by atomic mass is 16.5. The van der Waals surface area contributed by atoms with E-state index in [0.29, 0.717) is 13.2 Å². The van der Waals surface area contributed by atoms with Crippen LogP contribution in [0.25, 0.3) is 0 Å². The Morgan fingerprint density at radius 2 is 2.30 bits per heavy atom. The monoisotopic (exact) mass is 142 g/mol. The van der Waals surface area contributed by atoms with Gasteiger partial charge in [-0.1, -0.05) is 0 Å². The second-order valence-corrected chi connectivity index (χ2v) is 1.74. The molecule has 4 heteroatoms. The smallest absolute Gasteiger partial charge is 0.411 e. The molecule has 0 aromatic heterocycles. The topological polar surface area (TPSA) is 76.1 Å². The number of hydrogen-bond acceptors (Lipinski definition) is 4. The van der Waals surface area contributed by atoms with Gasteiger partial charge in [0, 0.05) is 0 Å². The first-order valence-electron chi connectivity index (χ1n) is 3.08. The Balaban J connectivity index is 3.06. The summed E-state index contributed by atoms with van der Waals surface area (Å²) in [6.45, 7) is 0.883. The molecule has 0 aliphatic carbocycles. The van der Waals surface area contributed by atoms with Crippen LogP contribution in [0.5, 0.6) is 0 Å². The predicted molar refractivity (Wildman–Crippen MR) is 34.9 cm³/mol. The van der Waals surface area contributed by atoms with Crippen molar-refractivity contribution in [3.8, 4) is 6.07 Å². The summed E-state index contributed by atoms with van der Waals surface area (Å²) in [7, 11) is 0. The molecule has 0 radical (unpaired) electrons. The van der Waals surface area contributed by atoms with Crippen molar-refractivity contribution in [1.82, 2.24) is 0 Å². The van der Waals surface area contributed by atoms with E-state index in [1.165, 1.54) is 6.07 Å². The minimum atomic E-state index is -0.822. The average Bonchev–Trinajstić information content (AvgIpc) is 1.98. The van der Waals surface area contributed by atoms with Gasteiger partial charge in [0.1, 0.15) is 0 Å². The molecule has 0 bridgehead atoms. The summed E-state index contributed by atoms with van der Waals surface area (Å²) in [5.41, 5.74) is 5.17. The van der Waals surface area contributed by atoms with E-state index in [1.807, 2.05) is 0 Å². The van der Waals surface area contributed by atoms with E-state index in [2.05, 4.69) is 4.74 Å². The summed E-state index contributed by atoms with van der Waals surface area (Å²) in [6, 6.07) is 1.35. The lowest BCUT2D eigenvalue weighted by Crippen LogP contribution is -2.05. The molecule has 2 N–H and O–H groups in total. The van der Waals surface area contributed by atoms with Crippen LogP contribution in [0.1, 0.15) is 12.8 Å². The van der Waals surface area contributed by atoms with Crippen molar-refractivity contribution >= 4 is 5.97 Å². The number of nitrogens with zero attached hydrogens (tertiary/aromatic N) is 1. The predicted octanol–water partition coefficient (Wildman–Crippen LogP) is -0.208. The van der Waals surface area contributed by atoms with Gasteiger partial charge in [0.2, 0.25) is 0 Å². The second-order valence-electron chi connectivity index (χ2n) is 1.74. The molecule has 0 unspecified atom stereocenters. The normalized spacial score (nSPS) is 8.40. The van der Waals surface area contributed by atoms with Crippen molar-refractivity contribution in [2.24, 2.45) is 5.73 Å². The molecule has 0 heterocycles. The largest absolute Gasteiger partial charge is 0.455 e. The van der Waals surface area contributed by atoms with Gasteiger partial charge in [-0.15, -0.1) is 0 Å². The van der Waals surface area contributed by atoms with Gasteiger partial charge in [-0.25, -0.2) is 4.79 Å². The Morgan fingerprint density at radius 1 is 1.60 bits per heavy atom. The minimum Gasteiger partial charge on any atom is -0.455 e. The minimum absolute atomic E-state index is 0.295. The number of ether oxygens (including phenoxy) is 1. The van der Waals surface area contributed by atoms with E-state index in [-0.39, 0.29) is 0 Å². The van der Waals surface area contributed by atoms with Crippen molar-refractivity contribution in [3.05, 3.63) is 0 Å². The van der Waals surface area contributed by atoms with Gasteiger partial charge >= 0.3 is 5.97 Å². The van der Waals surface area contributed by atoms with Crippen LogP contribution in [-0.4, -0.2) is 19.1 Å². The first kappa shape index (κ1) is 8.92. The van der Waals surface area contributed by atoms with Crippen molar-refractivity contribution in [2.75, 3.05) is 13.2 Å². The fourth-order valence-corrected chi connectivity index (χ4v) is 0.444. The molecule has 0 saturated carbocycles. The molecule has 0 aromatic carbocycles. The molecule has 56 valence electrons. The zero-order valence-electron chi connectivity index (χ0n) is 5.67. The molecule has 0 aliphatic heterocycles. The lowest BCUT2D eigenvalue weighted by Gasteiger charge is -1.96. The van der Waals surface area contributed by atoms with Crippen molar-refractivity contribution in [1.29, 1.82) is 5.26 Å². The van der Waals surface area contributed by atoms with Crippen LogP contribution in [0.3, 0.4) is 0 Å². The van der Waals surface area contributed by atoms with Crippen LogP contribution in [0.2, 0.25) is 0 Å². The van der Waals surface area contributed by atoms with Crippen LogP contribution in [-0.2, 0) is 9.53 Å². The number of hydrogen-bond donors (Lipinski definition) is 1. The number of nitrogens with two attached hydrogens (primary N) is 1. The molecule has 0 spiro atoms. The second kappa shape index (κ2) is 6.05. The van der Waals surface area contributed by atoms with Gasteiger partial charge in [0.15, 0.2) is 6.07 Å². The fraction of sp³-hybridized carbons (Fsp3) is 0.667. The van der Waals surface area contributed by atoms with E-state index in [1.54, 1.807) is 0 Å². The first-order chi connectivity index (χ1) is 4.81. The third-order valence-electron chi connectivity index (χ3n) is 0.923. The quantitative estimate of drug-likeness (QED) is 0.335. The van der Waals surface area contributed by atoms with E-state index in [0.717, 1.165) is 12.8 Å². The molecule has 0 saturated heterocycles. The number of carbonyl (C=O) groups excluding carboxylic acids is 1. The van der Waals surface area contributed by atoms with Gasteiger partial charge in [-0.05, 0) is 19.4 Å². The molecule has 0 atom stereocenters. The molecule has 0 amide bonds. The molecule has 4 nitrogen and oxygen atoms in total. The third kappa shape index (κ3) is 5.06. The van der Waals surface area contributed by atoms with E-state index >= 15 is 0 Å². The standard InChI is InChI=1S/C6H10N2O2/c7-3-1-2-4-10-6(9)5-8/h1-4,7H2. The maximum atomic E-state index is 10.2. The third-order valence-corrected chi connectivity index (χ3v) is 0.923. The summed E-state index contributed by atoms with van der Waals surface area (Å²) in [5.74, 6) is -0.822. The van der Waals surface area contributed by atoms with Crippen molar-refractivity contribution < 1.29 is 9.53 Å². The summed E-state index contributed by atoms with van der Waals surface area (Å²) >= 11 is 0. The van der Waals surface area contributed by atoms with Crippen molar-refractivity contribution in [3.63, 3.8) is 0 Å². The summed E-state index contributed by atoms with van der Waals surface area (Å²) < 4.78 is 4.44. The maximum absolute atomic E-state index is 10.2. The van der Waals surface area contributed by atoms with Gasteiger partial charge in [0.05, 0.1) is 6.61 Å². The van der Waals surface area contributed by atoms with Gasteiger partial charge in [0.25, 0.3) is 0 Å². The molecule has 0 fully saturated rings. The fourth-order valence-electron chi connectivity index (χ4n) is 0.444. The van der Waals surface area contributed by atoms with Gasteiger partial charge in [-0.2, -0.15) is 5.26 Å². The Labute approximate surface area is 59.6 Å². The Morgan fingerprint density at radius 3 is 2.80 bits per heavy atom. The van der Waals surface area contributed by atoms with Crippen LogP contribution < -0.4 is 5.73 Å². The van der Waals surface area contributed by atoms with Crippen LogP contribution in [0, 0.1) is 11.3 Å². The van der Waals surface area contributed by atoms with Crippen LogP contribution in [0.4, 0.5) is 0 Å². The Hall–Kier alpha value is -1.08. The van der Waals surface area contributed by atoms with E-state index in [4.69, 9.17) is 11.0 Å². The summed E-state index contributed by atoms with van der Waals surface area (Å²) in [6.07, 6.45) is 1.54. The highest BCUT2D eigenvalue weighted by Crippen LogP contribution is 1.86. The van der Waals surface area contributed by atoms with E-state index in [9.17, 15) is 4.79 Å². The summed E-state index contributed by atoms with van der Waals surface area (Å²) in [5, 5.41) is 7.94. The van der Waals surface area contributed by atoms with Crippen LogP contribution >= 0.6 is 0 Å². The molecule has 10 heavy (non-hydrogen) atoms. The van der Waals surface area contributed by atoms with Gasteiger partial charge < -0.3 is 10.5 Å². The molecular formula is C6H10N2O2. The molecular weight excluding hydrogens is 132 g/mol. The number of carbonyl (C=O) groups is 1. The summed E-state index contributed by atoms with van der Waals surface area (Å²) in [4.78, 5) is 10.2. The number of esters is 1. The molecule has 0 aliphatic rings. The lowest BCUT2D eigenvalue weighted by atomic mass is 10.3. The zero-order valence-corrected chi connectivity index (χ0v) is 5.67. The zero-order chi connectivity index (χ0) is 7.82. The average molecular weight is 142 g/mol. The first-order valence-corrected chi connectivity index (χ1v) is 3.08. The highest BCUT2D eigenvalue weighted by Gasteiger charge is 1.96. The van der Waals surface area contributed by atoms with Crippen molar-refractivity contribution in [2.45, 2.75) is 12.8 Å². The maximum Gasteiger partial charge on any atom is 0.411 e. The number of rotatable bonds is 4. The Bertz CT molecular complexity index is 139. The number of nitriles is 1.